The number of benzene rings is 1. The summed E-state index contributed by atoms with van der Waals surface area (Å²) in [4.78, 5) is 11.7. The van der Waals surface area contributed by atoms with Gasteiger partial charge in [0, 0.05) is 6.54 Å². The summed E-state index contributed by atoms with van der Waals surface area (Å²) < 4.78 is 18.4. The third kappa shape index (κ3) is 3.18. The minimum absolute atomic E-state index is 0.139. The zero-order valence-electron chi connectivity index (χ0n) is 9.66. The minimum Gasteiger partial charge on any atom is -0.496 e. The first-order chi connectivity index (χ1) is 8.10. The molecule has 0 aliphatic carbocycles. The van der Waals surface area contributed by atoms with Gasteiger partial charge in [-0.3, -0.25) is 4.79 Å². The van der Waals surface area contributed by atoms with E-state index in [0.29, 0.717) is 0 Å². The Kier molecular flexibility index (Phi) is 4.46. The van der Waals surface area contributed by atoms with Gasteiger partial charge in [-0.1, -0.05) is 6.07 Å². The molecule has 0 aromatic heterocycles. The van der Waals surface area contributed by atoms with Crippen LogP contribution in [0.1, 0.15) is 17.3 Å². The average molecular weight is 236 g/mol. The molecule has 4 nitrogen and oxygen atoms in total. The van der Waals surface area contributed by atoms with Crippen LogP contribution in [-0.2, 0) is 0 Å². The van der Waals surface area contributed by atoms with E-state index in [0.717, 1.165) is 0 Å². The first kappa shape index (κ1) is 13.0. The Bertz CT molecular complexity index is 454. The van der Waals surface area contributed by atoms with Gasteiger partial charge in [0.05, 0.1) is 19.1 Å². The number of ether oxygens (including phenoxy) is 1. The van der Waals surface area contributed by atoms with Gasteiger partial charge in [0.1, 0.15) is 17.1 Å². The summed E-state index contributed by atoms with van der Waals surface area (Å²) in [5, 5.41) is 11.1. The molecule has 1 atom stereocenters. The van der Waals surface area contributed by atoms with Gasteiger partial charge in [-0.2, -0.15) is 5.26 Å². The molecule has 0 bridgehead atoms. The molecule has 1 aromatic rings. The van der Waals surface area contributed by atoms with Crippen LogP contribution < -0.4 is 10.1 Å². The summed E-state index contributed by atoms with van der Waals surface area (Å²) in [6.07, 6.45) is 0. The summed E-state index contributed by atoms with van der Waals surface area (Å²) in [6.45, 7) is 1.84. The summed E-state index contributed by atoms with van der Waals surface area (Å²) in [5.74, 6) is -1.38. The topological polar surface area (TPSA) is 62.1 Å². The molecule has 1 unspecified atom stereocenters. The van der Waals surface area contributed by atoms with Crippen molar-refractivity contribution in [3.63, 3.8) is 0 Å². The van der Waals surface area contributed by atoms with Crippen LogP contribution in [0.15, 0.2) is 18.2 Å². The van der Waals surface area contributed by atoms with E-state index in [1.54, 1.807) is 6.92 Å². The van der Waals surface area contributed by atoms with Crippen molar-refractivity contribution in [3.05, 3.63) is 29.6 Å². The van der Waals surface area contributed by atoms with Gasteiger partial charge >= 0.3 is 0 Å². The normalized spacial score (nSPS) is 11.4. The summed E-state index contributed by atoms with van der Waals surface area (Å²) in [6, 6.07) is 6.13. The quantitative estimate of drug-likeness (QED) is 0.865. The van der Waals surface area contributed by atoms with Gasteiger partial charge < -0.3 is 10.1 Å². The molecule has 5 heteroatoms. The maximum Gasteiger partial charge on any atom is 0.258 e. The molecule has 17 heavy (non-hydrogen) atoms. The predicted octanol–water partition coefficient (Wildman–Crippen LogP) is 1.72. The number of amides is 1. The molecule has 90 valence electrons. The van der Waals surface area contributed by atoms with Crippen molar-refractivity contribution in [2.75, 3.05) is 13.7 Å². The largest absolute Gasteiger partial charge is 0.496 e. The van der Waals surface area contributed by atoms with E-state index in [4.69, 9.17) is 10.00 Å². The molecule has 0 heterocycles. The Labute approximate surface area is 99.0 Å². The highest BCUT2D eigenvalue weighted by atomic mass is 19.1. The molecule has 0 radical (unpaired) electrons. The SMILES string of the molecule is COc1cccc(F)c1C(=O)NCC(C)C#N. The molecule has 1 amide bonds. The van der Waals surface area contributed by atoms with Crippen LogP contribution in [0.2, 0.25) is 0 Å². The first-order valence-corrected chi connectivity index (χ1v) is 5.10. The Balaban J connectivity index is 2.85. The molecule has 0 aliphatic rings. The lowest BCUT2D eigenvalue weighted by Crippen LogP contribution is -2.28. The van der Waals surface area contributed by atoms with Crippen LogP contribution in [0.25, 0.3) is 0 Å². The van der Waals surface area contributed by atoms with E-state index in [1.807, 2.05) is 6.07 Å². The highest BCUT2D eigenvalue weighted by molar-refractivity contribution is 5.97. The maximum absolute atomic E-state index is 13.5. The van der Waals surface area contributed by atoms with E-state index in [9.17, 15) is 9.18 Å². The average Bonchev–Trinajstić information content (AvgIpc) is 2.34. The second-order valence-electron chi connectivity index (χ2n) is 3.56. The summed E-state index contributed by atoms with van der Waals surface area (Å²) >= 11 is 0. The lowest BCUT2D eigenvalue weighted by molar-refractivity contribution is 0.0943. The minimum atomic E-state index is -0.647. The molecule has 0 aliphatic heterocycles. The van der Waals surface area contributed by atoms with Crippen LogP contribution in [0.5, 0.6) is 5.75 Å². The molecule has 0 saturated heterocycles. The fraction of sp³-hybridized carbons (Fsp3) is 0.333. The number of carbonyl (C=O) groups excluding carboxylic acids is 1. The number of halogens is 1. The van der Waals surface area contributed by atoms with Crippen molar-refractivity contribution >= 4 is 5.91 Å². The van der Waals surface area contributed by atoms with Gasteiger partial charge in [0.2, 0.25) is 0 Å². The maximum atomic E-state index is 13.5. The van der Waals surface area contributed by atoms with Crippen molar-refractivity contribution in [3.8, 4) is 11.8 Å². The number of nitriles is 1. The lowest BCUT2D eigenvalue weighted by atomic mass is 10.1. The van der Waals surface area contributed by atoms with Gasteiger partial charge in [-0.05, 0) is 19.1 Å². The number of nitrogens with one attached hydrogen (secondary N) is 1. The number of carbonyl (C=O) groups is 1. The van der Waals surface area contributed by atoms with E-state index < -0.39 is 11.7 Å². The number of nitrogens with zero attached hydrogens (tertiary/aromatic N) is 1. The Morgan fingerprint density at radius 2 is 2.35 bits per heavy atom. The van der Waals surface area contributed by atoms with E-state index in [1.165, 1.54) is 25.3 Å². The highest BCUT2D eigenvalue weighted by Gasteiger charge is 2.17. The van der Waals surface area contributed by atoms with Gasteiger partial charge in [-0.15, -0.1) is 0 Å². The molecule has 0 saturated carbocycles. The van der Waals surface area contributed by atoms with Crippen molar-refractivity contribution in [1.29, 1.82) is 5.26 Å². The zero-order chi connectivity index (χ0) is 12.8. The number of hydrogen-bond acceptors (Lipinski definition) is 3. The Hall–Kier alpha value is -2.09. The van der Waals surface area contributed by atoms with Crippen LogP contribution in [0.3, 0.4) is 0 Å². The first-order valence-electron chi connectivity index (χ1n) is 5.10. The molecular weight excluding hydrogens is 223 g/mol. The van der Waals surface area contributed by atoms with Crippen molar-refractivity contribution in [1.82, 2.24) is 5.32 Å². The number of methoxy groups -OCH3 is 1. The Morgan fingerprint density at radius 3 is 2.94 bits per heavy atom. The monoisotopic (exact) mass is 236 g/mol. The fourth-order valence-electron chi connectivity index (χ4n) is 1.27. The second kappa shape index (κ2) is 5.85. The lowest BCUT2D eigenvalue weighted by Gasteiger charge is -2.10. The molecule has 0 fully saturated rings. The van der Waals surface area contributed by atoms with Crippen LogP contribution in [0, 0.1) is 23.1 Å². The summed E-state index contributed by atoms with van der Waals surface area (Å²) in [5.41, 5.74) is -0.139. The van der Waals surface area contributed by atoms with E-state index >= 15 is 0 Å². The number of rotatable bonds is 4. The van der Waals surface area contributed by atoms with Crippen LogP contribution in [0.4, 0.5) is 4.39 Å². The molecular formula is C12H13FN2O2. The van der Waals surface area contributed by atoms with Gasteiger partial charge in [-0.25, -0.2) is 4.39 Å². The van der Waals surface area contributed by atoms with Crippen molar-refractivity contribution in [2.45, 2.75) is 6.92 Å². The zero-order valence-corrected chi connectivity index (χ0v) is 9.66. The predicted molar refractivity (Wildman–Crippen MR) is 60.1 cm³/mol. The second-order valence-corrected chi connectivity index (χ2v) is 3.56. The number of hydrogen-bond donors (Lipinski definition) is 1. The standard InChI is InChI=1S/C12H13FN2O2/c1-8(6-14)7-15-12(16)11-9(13)4-3-5-10(11)17-2/h3-5,8H,7H2,1-2H3,(H,15,16). The highest BCUT2D eigenvalue weighted by Crippen LogP contribution is 2.20. The fourth-order valence-corrected chi connectivity index (χ4v) is 1.27. The molecule has 1 aromatic carbocycles. The molecule has 0 spiro atoms. The smallest absolute Gasteiger partial charge is 0.258 e. The molecule has 1 rings (SSSR count). The van der Waals surface area contributed by atoms with E-state index in [2.05, 4.69) is 5.32 Å². The Morgan fingerprint density at radius 1 is 1.65 bits per heavy atom. The van der Waals surface area contributed by atoms with Crippen molar-refractivity contribution < 1.29 is 13.9 Å². The molecule has 1 N–H and O–H groups in total. The van der Waals surface area contributed by atoms with E-state index in [-0.39, 0.29) is 23.8 Å². The van der Waals surface area contributed by atoms with Crippen LogP contribution >= 0.6 is 0 Å². The third-order valence-electron chi connectivity index (χ3n) is 2.21. The summed E-state index contributed by atoms with van der Waals surface area (Å²) in [7, 11) is 1.36. The van der Waals surface area contributed by atoms with Crippen LogP contribution in [-0.4, -0.2) is 19.6 Å². The van der Waals surface area contributed by atoms with Gasteiger partial charge in [0.15, 0.2) is 0 Å². The van der Waals surface area contributed by atoms with Crippen molar-refractivity contribution in [2.24, 2.45) is 5.92 Å². The van der Waals surface area contributed by atoms with Gasteiger partial charge in [0.25, 0.3) is 5.91 Å². The third-order valence-corrected chi connectivity index (χ3v) is 2.21.